The average molecular weight is 613 g/mol. The van der Waals surface area contributed by atoms with Gasteiger partial charge in [0.05, 0.1) is 12.1 Å². The summed E-state index contributed by atoms with van der Waals surface area (Å²) in [4.78, 5) is 12.8. The van der Waals surface area contributed by atoms with Crippen LogP contribution in [0.1, 0.15) is 50.3 Å². The molecule has 1 saturated carbocycles. The minimum atomic E-state index is -6.09. The Morgan fingerprint density at radius 1 is 0.881 bits per heavy atom. The predicted molar refractivity (Wildman–Crippen MR) is 129 cm³/mol. The van der Waals surface area contributed by atoms with Crippen molar-refractivity contribution in [3.8, 4) is 17.2 Å². The number of carbonyl (C=O) groups is 1. The highest BCUT2D eigenvalue weighted by Gasteiger charge is 2.71. The number of benzene rings is 2. The highest BCUT2D eigenvalue weighted by Crippen LogP contribution is 2.50. The van der Waals surface area contributed by atoms with Gasteiger partial charge in [-0.05, 0) is 43.4 Å². The molecule has 1 aliphatic carbocycles. The normalized spacial score (nSPS) is 17.2. The lowest BCUT2D eigenvalue weighted by Crippen LogP contribution is -2.53. The van der Waals surface area contributed by atoms with E-state index >= 15 is 0 Å². The van der Waals surface area contributed by atoms with E-state index in [-0.39, 0.29) is 24.0 Å². The monoisotopic (exact) mass is 613 g/mol. The van der Waals surface area contributed by atoms with Gasteiger partial charge >= 0.3 is 18.5 Å². The van der Waals surface area contributed by atoms with Crippen LogP contribution in [0.15, 0.2) is 48.5 Å². The molecule has 0 bridgehead atoms. The molecule has 2 aromatic rings. The van der Waals surface area contributed by atoms with Crippen molar-refractivity contribution in [2.24, 2.45) is 0 Å². The first-order valence-electron chi connectivity index (χ1n) is 12.3. The summed E-state index contributed by atoms with van der Waals surface area (Å²) in [6.07, 6.45) is -17.3. The van der Waals surface area contributed by atoms with E-state index in [4.69, 9.17) is 0 Å². The number of nitrogens with one attached hydrogen (secondary N) is 2. The summed E-state index contributed by atoms with van der Waals surface area (Å²) < 4.78 is 136. The zero-order valence-electron chi connectivity index (χ0n) is 22.0. The molecule has 5 nitrogen and oxygen atoms in total. The first kappa shape index (κ1) is 33.1. The van der Waals surface area contributed by atoms with Gasteiger partial charge in [-0.2, -0.15) is 44.8 Å². The van der Waals surface area contributed by atoms with Crippen LogP contribution in [0, 0.1) is 11.3 Å². The molecule has 15 heteroatoms. The van der Waals surface area contributed by atoms with Crippen LogP contribution >= 0.6 is 0 Å². The summed E-state index contributed by atoms with van der Waals surface area (Å²) >= 11 is 0. The number of hydrogen-bond donors (Lipinski definition) is 3. The quantitative estimate of drug-likeness (QED) is 0.281. The molecule has 42 heavy (non-hydrogen) atoms. The number of rotatable bonds is 9. The lowest BCUT2D eigenvalue weighted by molar-refractivity contribution is -0.376. The second-order valence-electron chi connectivity index (χ2n) is 10.7. The van der Waals surface area contributed by atoms with Crippen molar-refractivity contribution in [1.29, 1.82) is 5.26 Å². The fourth-order valence-electron chi connectivity index (χ4n) is 4.27. The molecule has 0 spiro atoms. The molecule has 0 aromatic heterocycles. The van der Waals surface area contributed by atoms with E-state index in [0.717, 1.165) is 50.2 Å². The number of hydrogen-bond acceptors (Lipinski definition) is 4. The Morgan fingerprint density at radius 2 is 1.33 bits per heavy atom. The van der Waals surface area contributed by atoms with Crippen LogP contribution in [0.25, 0.3) is 11.1 Å². The van der Waals surface area contributed by atoms with Gasteiger partial charge in [-0.25, -0.2) is 4.39 Å². The van der Waals surface area contributed by atoms with E-state index in [1.807, 2.05) is 6.07 Å². The van der Waals surface area contributed by atoms with Crippen LogP contribution in [0.4, 0.5) is 43.9 Å². The van der Waals surface area contributed by atoms with Crippen molar-refractivity contribution in [3.05, 3.63) is 59.7 Å². The van der Waals surface area contributed by atoms with Crippen molar-refractivity contribution in [2.75, 3.05) is 0 Å². The molecular weight excluding hydrogens is 588 g/mol. The number of aliphatic hydroxyl groups is 1. The van der Waals surface area contributed by atoms with E-state index in [1.165, 1.54) is 0 Å². The summed E-state index contributed by atoms with van der Waals surface area (Å²) in [5, 5.41) is 23.2. The molecule has 2 atom stereocenters. The summed E-state index contributed by atoms with van der Waals surface area (Å²) in [5.74, 6) is -0.997. The maximum absolute atomic E-state index is 14.4. The fourth-order valence-corrected chi connectivity index (χ4v) is 4.27. The third kappa shape index (κ3) is 7.15. The van der Waals surface area contributed by atoms with Crippen molar-refractivity contribution >= 4 is 5.91 Å². The van der Waals surface area contributed by atoms with E-state index in [1.54, 1.807) is 0 Å². The van der Waals surface area contributed by atoms with Crippen LogP contribution in [0.3, 0.4) is 0 Å². The van der Waals surface area contributed by atoms with Gasteiger partial charge in [0, 0.05) is 12.0 Å². The molecule has 3 N–H and O–H groups in total. The molecule has 1 aliphatic rings. The molecule has 2 aromatic carbocycles. The van der Waals surface area contributed by atoms with Crippen molar-refractivity contribution in [2.45, 2.75) is 80.5 Å². The SMILES string of the molecule is CC(C)(F)C[C@H](N[C@@H](c1ccc(-c2ccc(C(O)(C(F)(F)F)C(F)(F)F)cc2)cc1)C(F)(F)F)C(=O)NC1(C#N)CC1. The number of carbonyl (C=O) groups excluding carboxylic acids is 1. The van der Waals surface area contributed by atoms with E-state index in [9.17, 15) is 59.1 Å². The summed E-state index contributed by atoms with van der Waals surface area (Å²) in [6, 6.07) is 4.34. The summed E-state index contributed by atoms with van der Waals surface area (Å²) in [6.45, 7) is 2.14. The number of amides is 1. The van der Waals surface area contributed by atoms with E-state index in [0.29, 0.717) is 12.1 Å². The molecule has 0 radical (unpaired) electrons. The van der Waals surface area contributed by atoms with Crippen LogP contribution in [0.2, 0.25) is 0 Å². The predicted octanol–water partition coefficient (Wildman–Crippen LogP) is 6.54. The van der Waals surface area contributed by atoms with Crippen molar-refractivity contribution in [1.82, 2.24) is 10.6 Å². The zero-order valence-corrected chi connectivity index (χ0v) is 22.0. The highest BCUT2D eigenvalue weighted by atomic mass is 19.4. The van der Waals surface area contributed by atoms with Crippen LogP contribution in [-0.2, 0) is 10.4 Å². The number of alkyl halides is 10. The highest BCUT2D eigenvalue weighted by molar-refractivity contribution is 5.83. The van der Waals surface area contributed by atoms with Gasteiger partial charge in [-0.15, -0.1) is 0 Å². The second kappa shape index (κ2) is 11.0. The molecule has 0 aliphatic heterocycles. The minimum Gasteiger partial charge on any atom is -0.369 e. The van der Waals surface area contributed by atoms with Gasteiger partial charge in [0.1, 0.15) is 17.2 Å². The van der Waals surface area contributed by atoms with Crippen molar-refractivity contribution in [3.63, 3.8) is 0 Å². The van der Waals surface area contributed by atoms with Crippen LogP contribution < -0.4 is 10.6 Å². The van der Waals surface area contributed by atoms with Gasteiger partial charge in [-0.3, -0.25) is 10.1 Å². The van der Waals surface area contributed by atoms with E-state index in [2.05, 4.69) is 10.6 Å². The van der Waals surface area contributed by atoms with Gasteiger partial charge < -0.3 is 10.4 Å². The molecule has 1 fully saturated rings. The maximum Gasteiger partial charge on any atom is 0.430 e. The number of nitriles is 1. The molecule has 230 valence electrons. The average Bonchev–Trinajstić information content (AvgIpc) is 3.63. The summed E-state index contributed by atoms with van der Waals surface area (Å²) in [5.41, 5.74) is -10.2. The lowest BCUT2D eigenvalue weighted by Gasteiger charge is -2.32. The zero-order chi connectivity index (χ0) is 31.9. The van der Waals surface area contributed by atoms with E-state index < -0.39 is 70.9 Å². The van der Waals surface area contributed by atoms with Crippen LogP contribution in [0.5, 0.6) is 0 Å². The Morgan fingerprint density at radius 3 is 1.69 bits per heavy atom. The molecule has 0 heterocycles. The van der Waals surface area contributed by atoms with Crippen molar-refractivity contribution < 1.29 is 53.8 Å². The van der Waals surface area contributed by atoms with Gasteiger partial charge in [-0.1, -0.05) is 48.5 Å². The van der Waals surface area contributed by atoms with Gasteiger partial charge in [0.2, 0.25) is 5.91 Å². The Labute approximate surface area is 233 Å². The maximum atomic E-state index is 14.4. The standard InChI is InChI=1S/C27H25F10N3O2/c1-22(2,28)13-19(21(41)40-23(14-38)11-12-23)39-20(25(29,30)31)17-5-3-15(4-6-17)16-7-9-18(10-8-16)24(42,26(32,33)34)27(35,36)37/h3-10,19-20,39,42H,11-13H2,1-2H3,(H,40,41)/t19-,20-/m0/s1. The van der Waals surface area contributed by atoms with Gasteiger partial charge in [0.25, 0.3) is 5.60 Å². The fraction of sp³-hybridized carbons (Fsp3) is 0.481. The Bertz CT molecular complexity index is 1290. The smallest absolute Gasteiger partial charge is 0.369 e. The summed E-state index contributed by atoms with van der Waals surface area (Å²) in [7, 11) is 0. The molecular formula is C27H25F10N3O2. The lowest BCUT2D eigenvalue weighted by atomic mass is 9.90. The molecule has 0 saturated heterocycles. The number of halogens is 10. The third-order valence-corrected chi connectivity index (χ3v) is 6.73. The first-order valence-corrected chi connectivity index (χ1v) is 12.3. The molecule has 1 amide bonds. The molecule has 3 rings (SSSR count). The topological polar surface area (TPSA) is 85.2 Å². The van der Waals surface area contributed by atoms with Crippen LogP contribution in [-0.4, -0.2) is 46.8 Å². The number of nitrogens with zero attached hydrogens (tertiary/aromatic N) is 1. The third-order valence-electron chi connectivity index (χ3n) is 6.73. The Hall–Kier alpha value is -3.38. The van der Waals surface area contributed by atoms with Gasteiger partial charge in [0.15, 0.2) is 0 Å². The minimum absolute atomic E-state index is 0.0242. The largest absolute Gasteiger partial charge is 0.430 e. The molecule has 0 unspecified atom stereocenters. The Kier molecular flexibility index (Phi) is 8.70. The first-order chi connectivity index (χ1) is 19.0. The second-order valence-corrected chi connectivity index (χ2v) is 10.7. The Balaban J connectivity index is 1.89.